The number of para-hydroxylation sites is 1. The van der Waals surface area contributed by atoms with Crippen LogP contribution in [0.5, 0.6) is 23.0 Å². The lowest BCUT2D eigenvalue weighted by atomic mass is 10.0. The van der Waals surface area contributed by atoms with Gasteiger partial charge in [-0.3, -0.25) is 9.69 Å². The molecule has 10 heteroatoms. The van der Waals surface area contributed by atoms with Gasteiger partial charge >= 0.3 is 6.03 Å². The predicted octanol–water partition coefficient (Wildman–Crippen LogP) is 6.41. The first kappa shape index (κ1) is 34.3. The topological polar surface area (TPSA) is 113 Å². The van der Waals surface area contributed by atoms with Gasteiger partial charge in [0.05, 0.1) is 26.2 Å². The Morgan fingerprint density at radius 3 is 2.29 bits per heavy atom. The molecule has 3 amide bonds. The van der Waals surface area contributed by atoms with E-state index in [1.165, 1.54) is 0 Å². The van der Waals surface area contributed by atoms with Gasteiger partial charge in [0.1, 0.15) is 29.1 Å². The molecule has 3 N–H and O–H groups in total. The number of rotatable bonds is 11. The smallest absolute Gasteiger partial charge is 0.323 e. The summed E-state index contributed by atoms with van der Waals surface area (Å²) in [5.41, 5.74) is 2.93. The summed E-state index contributed by atoms with van der Waals surface area (Å²) in [4.78, 5) is 30.3. The first-order valence-corrected chi connectivity index (χ1v) is 16.1. The average Bonchev–Trinajstić information content (AvgIpc) is 3.13. The highest BCUT2D eigenvalue weighted by Crippen LogP contribution is 2.30. The van der Waals surface area contributed by atoms with Crippen molar-refractivity contribution in [3.05, 3.63) is 108 Å². The lowest BCUT2D eigenvalue weighted by molar-refractivity contribution is -0.134. The second kappa shape index (κ2) is 16.2. The standard InChI is InChI=1S/C38H44N4O6/c1-26-22-42(27(2)25-43)37(44)21-29-20-31(40-38(45)39-30-12-17-32(46-4)18-13-30)14-19-35(29)48-36(26)24-41(3)23-28-10-15-34(16-11-28)47-33-8-6-5-7-9-33/h5-20,26-27,36,43H,21-25H2,1-4H3,(H2,39,40,45)/t26-,27+,36+/m0/s1. The SMILES string of the molecule is COc1ccc(NC(=O)Nc2ccc3c(c2)CC(=O)N([C@H](C)CO)C[C@H](C)[C@@H](CN(C)Cc2ccc(Oc4ccccc4)cc2)O3)cc1. The quantitative estimate of drug-likeness (QED) is 0.172. The molecular formula is C38H44N4O6. The highest BCUT2D eigenvalue weighted by Gasteiger charge is 2.31. The summed E-state index contributed by atoms with van der Waals surface area (Å²) in [5, 5.41) is 15.7. The van der Waals surface area contributed by atoms with Crippen molar-refractivity contribution in [3.63, 3.8) is 0 Å². The molecule has 0 radical (unpaired) electrons. The van der Waals surface area contributed by atoms with Crippen LogP contribution >= 0.6 is 0 Å². The Bertz CT molecular complexity index is 1650. The molecule has 0 aromatic heterocycles. The predicted molar refractivity (Wildman–Crippen MR) is 187 cm³/mol. The molecule has 10 nitrogen and oxygen atoms in total. The zero-order valence-corrected chi connectivity index (χ0v) is 27.9. The van der Waals surface area contributed by atoms with E-state index in [1.807, 2.05) is 62.5 Å². The Morgan fingerprint density at radius 1 is 0.958 bits per heavy atom. The summed E-state index contributed by atoms with van der Waals surface area (Å²) in [5.74, 6) is 2.69. The van der Waals surface area contributed by atoms with E-state index >= 15 is 0 Å². The number of anilines is 2. The summed E-state index contributed by atoms with van der Waals surface area (Å²) < 4.78 is 17.8. The molecular weight excluding hydrogens is 608 g/mol. The highest BCUT2D eigenvalue weighted by atomic mass is 16.5. The van der Waals surface area contributed by atoms with Gasteiger partial charge in [0.25, 0.3) is 0 Å². The van der Waals surface area contributed by atoms with E-state index < -0.39 is 6.03 Å². The maximum absolute atomic E-state index is 13.6. The third-order valence-electron chi connectivity index (χ3n) is 8.37. The number of hydrogen-bond acceptors (Lipinski definition) is 7. The van der Waals surface area contributed by atoms with Crippen LogP contribution in [0.3, 0.4) is 0 Å². The number of hydrogen-bond donors (Lipinski definition) is 3. The minimum atomic E-state index is -0.418. The number of aliphatic hydroxyl groups excluding tert-OH is 1. The molecule has 1 aliphatic rings. The van der Waals surface area contributed by atoms with Gasteiger partial charge in [-0.05, 0) is 86.3 Å². The number of nitrogens with one attached hydrogen (secondary N) is 2. The zero-order valence-electron chi connectivity index (χ0n) is 27.9. The van der Waals surface area contributed by atoms with Gasteiger partial charge in [0.15, 0.2) is 0 Å². The Labute approximate surface area is 282 Å². The van der Waals surface area contributed by atoms with E-state index in [2.05, 4.69) is 34.6 Å². The largest absolute Gasteiger partial charge is 0.497 e. The molecule has 0 saturated carbocycles. The van der Waals surface area contributed by atoms with Gasteiger partial charge in [0.2, 0.25) is 5.91 Å². The molecule has 0 bridgehead atoms. The molecule has 1 aliphatic heterocycles. The van der Waals surface area contributed by atoms with Crippen molar-refractivity contribution in [3.8, 4) is 23.0 Å². The fourth-order valence-electron chi connectivity index (χ4n) is 5.66. The summed E-state index contributed by atoms with van der Waals surface area (Å²) >= 11 is 0. The maximum Gasteiger partial charge on any atom is 0.323 e. The number of nitrogens with zero attached hydrogens (tertiary/aromatic N) is 2. The van der Waals surface area contributed by atoms with Gasteiger partial charge in [-0.2, -0.15) is 0 Å². The van der Waals surface area contributed by atoms with Crippen molar-refractivity contribution in [1.29, 1.82) is 0 Å². The number of methoxy groups -OCH3 is 1. The second-order valence-electron chi connectivity index (χ2n) is 12.3. The maximum atomic E-state index is 13.6. The van der Waals surface area contributed by atoms with Crippen molar-refractivity contribution < 1.29 is 28.9 Å². The van der Waals surface area contributed by atoms with E-state index in [0.29, 0.717) is 48.1 Å². The number of carbonyl (C=O) groups excluding carboxylic acids is 2. The van der Waals surface area contributed by atoms with E-state index in [9.17, 15) is 14.7 Å². The lowest BCUT2D eigenvalue weighted by Crippen LogP contribution is -2.47. The molecule has 0 aliphatic carbocycles. The van der Waals surface area contributed by atoms with E-state index in [1.54, 1.807) is 48.4 Å². The molecule has 5 rings (SSSR count). The molecule has 4 aromatic rings. The number of carbonyl (C=O) groups is 2. The van der Waals surface area contributed by atoms with Crippen molar-refractivity contribution in [2.24, 2.45) is 5.92 Å². The lowest BCUT2D eigenvalue weighted by Gasteiger charge is -2.34. The molecule has 0 fully saturated rings. The summed E-state index contributed by atoms with van der Waals surface area (Å²) in [6.07, 6.45) is -0.187. The number of likely N-dealkylation sites (N-methyl/N-ethyl adjacent to an activating group) is 1. The third-order valence-corrected chi connectivity index (χ3v) is 8.37. The number of amides is 3. The number of aliphatic hydroxyl groups is 1. The van der Waals surface area contributed by atoms with E-state index in [4.69, 9.17) is 14.2 Å². The molecule has 0 saturated heterocycles. The molecule has 3 atom stereocenters. The van der Waals surface area contributed by atoms with Crippen LogP contribution < -0.4 is 24.8 Å². The van der Waals surface area contributed by atoms with Crippen LogP contribution in [0.15, 0.2) is 97.1 Å². The zero-order chi connectivity index (χ0) is 34.0. The molecule has 0 unspecified atom stereocenters. The van der Waals surface area contributed by atoms with Crippen molar-refractivity contribution in [2.45, 2.75) is 39.0 Å². The second-order valence-corrected chi connectivity index (χ2v) is 12.3. The molecule has 4 aromatic carbocycles. The molecule has 0 spiro atoms. The van der Waals surface area contributed by atoms with Crippen LogP contribution in [0.4, 0.5) is 16.2 Å². The van der Waals surface area contributed by atoms with Gasteiger partial charge in [0, 0.05) is 42.5 Å². The number of fused-ring (bicyclic) bond motifs is 1. The van der Waals surface area contributed by atoms with Gasteiger partial charge in [-0.1, -0.05) is 37.3 Å². The monoisotopic (exact) mass is 652 g/mol. The van der Waals surface area contributed by atoms with Crippen molar-refractivity contribution in [1.82, 2.24) is 9.80 Å². The Balaban J connectivity index is 1.29. The van der Waals surface area contributed by atoms with Gasteiger partial charge < -0.3 is 34.9 Å². The summed E-state index contributed by atoms with van der Waals surface area (Å²) in [7, 11) is 3.63. The highest BCUT2D eigenvalue weighted by molar-refractivity contribution is 6.00. The van der Waals surface area contributed by atoms with Crippen LogP contribution in [-0.2, 0) is 17.8 Å². The summed E-state index contributed by atoms with van der Waals surface area (Å²) in [6, 6.07) is 29.3. The average molecular weight is 653 g/mol. The Morgan fingerprint density at radius 2 is 1.60 bits per heavy atom. The number of urea groups is 1. The number of ether oxygens (including phenoxy) is 3. The van der Waals surface area contributed by atoms with Crippen LogP contribution in [0.2, 0.25) is 0 Å². The third kappa shape index (κ3) is 9.27. The van der Waals surface area contributed by atoms with E-state index in [0.717, 1.165) is 17.1 Å². The van der Waals surface area contributed by atoms with Gasteiger partial charge in [-0.15, -0.1) is 0 Å². The minimum absolute atomic E-state index is 0.0360. The van der Waals surface area contributed by atoms with Crippen LogP contribution in [0.25, 0.3) is 0 Å². The van der Waals surface area contributed by atoms with Crippen LogP contribution in [-0.4, -0.2) is 72.8 Å². The fraction of sp³-hybridized carbons (Fsp3) is 0.316. The first-order chi connectivity index (χ1) is 23.2. The summed E-state index contributed by atoms with van der Waals surface area (Å²) in [6.45, 7) is 5.50. The van der Waals surface area contributed by atoms with Crippen LogP contribution in [0.1, 0.15) is 25.0 Å². The molecule has 48 heavy (non-hydrogen) atoms. The van der Waals surface area contributed by atoms with Crippen LogP contribution in [0, 0.1) is 5.92 Å². The molecule has 252 valence electrons. The van der Waals surface area contributed by atoms with Crippen molar-refractivity contribution in [2.75, 3.05) is 44.5 Å². The Kier molecular flexibility index (Phi) is 11.5. The minimum Gasteiger partial charge on any atom is -0.497 e. The van der Waals surface area contributed by atoms with Gasteiger partial charge in [-0.25, -0.2) is 4.79 Å². The van der Waals surface area contributed by atoms with Crippen molar-refractivity contribution >= 4 is 23.3 Å². The number of benzene rings is 4. The Hall–Kier alpha value is -5.06. The normalized spacial score (nSPS) is 16.9. The first-order valence-electron chi connectivity index (χ1n) is 16.1. The van der Waals surface area contributed by atoms with E-state index in [-0.39, 0.29) is 37.0 Å². The molecule has 1 heterocycles. The fourth-order valence-corrected chi connectivity index (χ4v) is 5.66.